The first kappa shape index (κ1) is 13.7. The van der Waals surface area contributed by atoms with Crippen LogP contribution in [-0.4, -0.2) is 5.78 Å². The van der Waals surface area contributed by atoms with E-state index in [0.29, 0.717) is 17.1 Å². The van der Waals surface area contributed by atoms with Crippen LogP contribution in [0.2, 0.25) is 0 Å². The van der Waals surface area contributed by atoms with Crippen molar-refractivity contribution in [1.82, 2.24) is 0 Å². The molecule has 0 radical (unpaired) electrons. The molecule has 14 heavy (non-hydrogen) atoms. The van der Waals surface area contributed by atoms with Crippen LogP contribution in [0.5, 0.6) is 0 Å². The molecule has 0 aromatic heterocycles. The van der Waals surface area contributed by atoms with Gasteiger partial charge in [-0.05, 0) is 17.8 Å². The summed E-state index contributed by atoms with van der Waals surface area (Å²) < 4.78 is 0. The van der Waals surface area contributed by atoms with E-state index in [1.54, 1.807) is 0 Å². The number of rotatable bonds is 0. The summed E-state index contributed by atoms with van der Waals surface area (Å²) in [6, 6.07) is 0. The van der Waals surface area contributed by atoms with E-state index in [9.17, 15) is 4.79 Å². The van der Waals surface area contributed by atoms with Crippen LogP contribution in [0.15, 0.2) is 0 Å². The van der Waals surface area contributed by atoms with Gasteiger partial charge in [0.15, 0.2) is 0 Å². The van der Waals surface area contributed by atoms with Gasteiger partial charge in [-0.1, -0.05) is 48.5 Å². The van der Waals surface area contributed by atoms with Gasteiger partial charge < -0.3 is 0 Å². The Hall–Kier alpha value is -0.330. The molecule has 0 saturated heterocycles. The highest BCUT2D eigenvalue weighted by molar-refractivity contribution is 5.85. The summed E-state index contributed by atoms with van der Waals surface area (Å²) in [5, 5.41) is 0. The van der Waals surface area contributed by atoms with Gasteiger partial charge in [-0.3, -0.25) is 4.79 Å². The first-order chi connectivity index (χ1) is 6.28. The molecule has 0 heterocycles. The molecule has 0 spiro atoms. The lowest BCUT2D eigenvalue weighted by Gasteiger charge is -2.46. The van der Waals surface area contributed by atoms with Crippen LogP contribution < -0.4 is 0 Å². The Bertz CT molecular complexity index is 201. The maximum absolute atomic E-state index is 11.6. The van der Waals surface area contributed by atoms with Crippen molar-refractivity contribution < 1.29 is 4.79 Å². The minimum absolute atomic E-state index is 0.109. The van der Waals surface area contributed by atoms with Crippen LogP contribution in [0.1, 0.15) is 61.3 Å². The van der Waals surface area contributed by atoms with E-state index in [0.717, 1.165) is 12.8 Å². The molecule has 0 bridgehead atoms. The Morgan fingerprint density at radius 3 is 1.93 bits per heavy atom. The Labute approximate surface area is 89.3 Å². The normalized spacial score (nSPS) is 29.1. The van der Waals surface area contributed by atoms with Crippen LogP contribution in [0.25, 0.3) is 0 Å². The summed E-state index contributed by atoms with van der Waals surface area (Å²) in [6.07, 6.45) is 1.82. The van der Waals surface area contributed by atoms with Gasteiger partial charge in [0.2, 0.25) is 0 Å². The lowest BCUT2D eigenvalue weighted by atomic mass is 9.57. The molecule has 1 atom stereocenters. The monoisotopic (exact) mass is 198 g/mol. The zero-order valence-corrected chi connectivity index (χ0v) is 10.9. The molecule has 1 saturated carbocycles. The second-order valence-electron chi connectivity index (χ2n) is 5.36. The molecule has 0 amide bonds. The van der Waals surface area contributed by atoms with E-state index >= 15 is 0 Å². The van der Waals surface area contributed by atoms with Gasteiger partial charge in [-0.25, -0.2) is 0 Å². The molecule has 0 N–H and O–H groups in total. The molecule has 1 aliphatic carbocycles. The van der Waals surface area contributed by atoms with E-state index in [1.165, 1.54) is 0 Å². The van der Waals surface area contributed by atoms with Gasteiger partial charge in [0.1, 0.15) is 5.78 Å². The van der Waals surface area contributed by atoms with E-state index in [2.05, 4.69) is 34.6 Å². The Morgan fingerprint density at radius 2 is 1.57 bits per heavy atom. The number of hydrogen-bond donors (Lipinski definition) is 0. The van der Waals surface area contributed by atoms with Crippen LogP contribution >= 0.6 is 0 Å². The fraction of sp³-hybridized carbons (Fsp3) is 0.923. The number of Topliss-reactive ketones (excluding diaryl/α,β-unsaturated/α-hetero) is 1. The number of carbonyl (C=O) groups excluding carboxylic acids is 1. The van der Waals surface area contributed by atoms with Crippen molar-refractivity contribution in [2.24, 2.45) is 16.7 Å². The van der Waals surface area contributed by atoms with Gasteiger partial charge in [0.05, 0.1) is 0 Å². The topological polar surface area (TPSA) is 17.1 Å². The van der Waals surface area contributed by atoms with Gasteiger partial charge >= 0.3 is 0 Å². The highest BCUT2D eigenvalue weighted by atomic mass is 16.1. The lowest BCUT2D eigenvalue weighted by Crippen LogP contribution is -2.44. The summed E-state index contributed by atoms with van der Waals surface area (Å²) in [6.45, 7) is 14.9. The zero-order valence-electron chi connectivity index (χ0n) is 10.9. The standard InChI is InChI=1S/C11H20O.C2H6/c1-8-10(2,3)7-6-9(12)11(8,4)5;1-2/h8H,6-7H2,1-5H3;1-2H3. The number of ketones is 1. The van der Waals surface area contributed by atoms with Crippen LogP contribution in [0.4, 0.5) is 0 Å². The SMILES string of the molecule is CC.CC1C(C)(C)CCC(=O)C1(C)C. The van der Waals surface area contributed by atoms with Crippen molar-refractivity contribution in [1.29, 1.82) is 0 Å². The third-order valence-corrected chi connectivity index (χ3v) is 3.97. The van der Waals surface area contributed by atoms with Gasteiger partial charge in [-0.15, -0.1) is 0 Å². The second-order valence-corrected chi connectivity index (χ2v) is 5.36. The predicted molar refractivity (Wildman–Crippen MR) is 62.3 cm³/mol. The minimum atomic E-state index is -0.109. The quantitative estimate of drug-likeness (QED) is 0.573. The Balaban J connectivity index is 0.000000791. The Morgan fingerprint density at radius 1 is 1.14 bits per heavy atom. The van der Waals surface area contributed by atoms with E-state index < -0.39 is 0 Å². The van der Waals surface area contributed by atoms with E-state index in [-0.39, 0.29) is 5.41 Å². The van der Waals surface area contributed by atoms with Crippen molar-refractivity contribution in [2.75, 3.05) is 0 Å². The van der Waals surface area contributed by atoms with Crippen molar-refractivity contribution in [3.8, 4) is 0 Å². The van der Waals surface area contributed by atoms with Crippen molar-refractivity contribution in [3.05, 3.63) is 0 Å². The molecule has 1 fully saturated rings. The van der Waals surface area contributed by atoms with Gasteiger partial charge in [-0.2, -0.15) is 0 Å². The van der Waals surface area contributed by atoms with Gasteiger partial charge in [0.25, 0.3) is 0 Å². The smallest absolute Gasteiger partial charge is 0.138 e. The Kier molecular flexibility index (Phi) is 4.35. The maximum atomic E-state index is 11.6. The summed E-state index contributed by atoms with van der Waals surface area (Å²) in [5.41, 5.74) is 0.221. The van der Waals surface area contributed by atoms with E-state index in [4.69, 9.17) is 0 Å². The minimum Gasteiger partial charge on any atom is -0.299 e. The summed E-state index contributed by atoms with van der Waals surface area (Å²) in [7, 11) is 0. The van der Waals surface area contributed by atoms with Gasteiger partial charge in [0, 0.05) is 11.8 Å². The highest BCUT2D eigenvalue weighted by Crippen LogP contribution is 2.48. The first-order valence-electron chi connectivity index (χ1n) is 5.82. The molecule has 1 unspecified atom stereocenters. The predicted octanol–water partition coefficient (Wildman–Crippen LogP) is 4.06. The molecule has 1 heteroatoms. The molecule has 0 aromatic carbocycles. The van der Waals surface area contributed by atoms with Crippen molar-refractivity contribution >= 4 is 5.78 Å². The molecule has 1 rings (SSSR count). The third-order valence-electron chi connectivity index (χ3n) is 3.97. The van der Waals surface area contributed by atoms with Crippen molar-refractivity contribution in [3.63, 3.8) is 0 Å². The maximum Gasteiger partial charge on any atom is 0.138 e. The fourth-order valence-corrected chi connectivity index (χ4v) is 2.19. The average molecular weight is 198 g/mol. The zero-order chi connectivity index (χ0) is 11.6. The second kappa shape index (κ2) is 4.46. The van der Waals surface area contributed by atoms with E-state index in [1.807, 2.05) is 13.8 Å². The molecule has 0 aromatic rings. The van der Waals surface area contributed by atoms with Crippen molar-refractivity contribution in [2.45, 2.75) is 61.3 Å². The highest BCUT2D eigenvalue weighted by Gasteiger charge is 2.45. The van der Waals surface area contributed by atoms with Crippen LogP contribution in [-0.2, 0) is 4.79 Å². The van der Waals surface area contributed by atoms with Crippen LogP contribution in [0.3, 0.4) is 0 Å². The third kappa shape index (κ3) is 2.37. The number of carbonyl (C=O) groups is 1. The molecule has 1 aliphatic rings. The molecule has 1 nitrogen and oxygen atoms in total. The molecule has 84 valence electrons. The summed E-state index contributed by atoms with van der Waals surface area (Å²) in [4.78, 5) is 11.6. The summed E-state index contributed by atoms with van der Waals surface area (Å²) in [5.74, 6) is 0.931. The van der Waals surface area contributed by atoms with Crippen LogP contribution in [0, 0.1) is 16.7 Å². The lowest BCUT2D eigenvalue weighted by molar-refractivity contribution is -0.137. The molecule has 0 aliphatic heterocycles. The number of hydrogen-bond acceptors (Lipinski definition) is 1. The molecular weight excluding hydrogens is 172 g/mol. The fourth-order valence-electron chi connectivity index (χ4n) is 2.19. The average Bonchev–Trinajstić information content (AvgIpc) is 2.14. The summed E-state index contributed by atoms with van der Waals surface area (Å²) >= 11 is 0. The first-order valence-corrected chi connectivity index (χ1v) is 5.82. The molecular formula is C13H26O. The largest absolute Gasteiger partial charge is 0.299 e.